The molecule has 0 radical (unpaired) electrons. The lowest BCUT2D eigenvalue weighted by molar-refractivity contribution is -0.154. The summed E-state index contributed by atoms with van der Waals surface area (Å²) in [5.74, 6) is -0.337. The second kappa shape index (κ2) is 43.1. The van der Waals surface area contributed by atoms with Gasteiger partial charge in [0.1, 0.15) is 6.10 Å². The summed E-state index contributed by atoms with van der Waals surface area (Å²) in [4.78, 5) is 22.5. The number of ether oxygens (including phenoxy) is 2. The van der Waals surface area contributed by atoms with E-state index in [-0.39, 0.29) is 32.3 Å². The lowest BCUT2D eigenvalue weighted by Crippen LogP contribution is -2.28. The molecule has 0 aliphatic rings. The lowest BCUT2D eigenvalue weighted by Gasteiger charge is -2.20. The number of hydrogen-bond donors (Lipinski definition) is 2. The minimum absolute atomic E-state index is 0.0958. The smallest absolute Gasteiger partial charge is 0.457 e. The third kappa shape index (κ3) is 42.1. The molecule has 0 aromatic heterocycles. The third-order valence-corrected chi connectivity index (χ3v) is 10.8. The van der Waals surface area contributed by atoms with Gasteiger partial charge in [-0.1, -0.05) is 173 Å². The first-order valence-electron chi connectivity index (χ1n) is 22.8. The van der Waals surface area contributed by atoms with Crippen LogP contribution in [-0.2, 0) is 27.9 Å². The zero-order valence-corrected chi connectivity index (χ0v) is 36.4. The van der Waals surface area contributed by atoms with Crippen LogP contribution in [0, 0.1) is 0 Å². The Hall–Kier alpha value is -1.02. The number of nitrogens with two attached hydrogens (primary N) is 1. The molecule has 0 amide bonds. The van der Waals surface area contributed by atoms with Gasteiger partial charge in [0.25, 0.3) is 0 Å². The van der Waals surface area contributed by atoms with Gasteiger partial charge < -0.3 is 20.1 Å². The van der Waals surface area contributed by atoms with Crippen molar-refractivity contribution in [2.75, 3.05) is 33.0 Å². The maximum atomic E-state index is 12.6. The first-order chi connectivity index (χ1) is 26.4. The highest BCUT2D eigenvalue weighted by Crippen LogP contribution is 2.43. The third-order valence-electron chi connectivity index (χ3n) is 9.84. The maximum absolute atomic E-state index is 12.6. The molecule has 0 aromatic carbocycles. The molecule has 0 saturated carbocycles. The van der Waals surface area contributed by atoms with Crippen LogP contribution < -0.4 is 5.73 Å². The molecule has 320 valence electrons. The summed E-state index contributed by atoms with van der Waals surface area (Å²) in [6, 6.07) is 0. The van der Waals surface area contributed by atoms with Crippen molar-refractivity contribution < 1.29 is 32.8 Å². The van der Waals surface area contributed by atoms with Crippen LogP contribution in [0.25, 0.3) is 0 Å². The molecule has 2 atom stereocenters. The summed E-state index contributed by atoms with van der Waals surface area (Å²) in [6.07, 6.45) is 47.7. The van der Waals surface area contributed by atoms with E-state index in [9.17, 15) is 14.3 Å². The van der Waals surface area contributed by atoms with E-state index in [1.54, 1.807) is 0 Å². The number of rotatable bonds is 44. The fraction of sp³-hybridized carbons (Fsp3) is 0.889. The number of unbranched alkanes of at least 4 members (excludes halogenated alkanes) is 27. The highest BCUT2D eigenvalue weighted by molar-refractivity contribution is 7.47. The Labute approximate surface area is 334 Å². The standard InChI is InChI=1S/C45H88NO7P/c1-3-5-7-9-11-13-15-17-19-20-21-22-23-25-27-29-31-33-35-37-40-50-42-44(43-52-54(48,49)51-41-39-46)53-45(47)38-36-34-32-30-28-26-24-18-16-14-12-10-8-6-4-2/h17-19,24,44H,3-16,20-23,25-43,46H2,1-2H3,(H,48,49)/b19-17-,24-18-. The summed E-state index contributed by atoms with van der Waals surface area (Å²) in [5.41, 5.74) is 5.37. The lowest BCUT2D eigenvalue weighted by atomic mass is 10.1. The Kier molecular flexibility index (Phi) is 42.3. The Morgan fingerprint density at radius 3 is 1.35 bits per heavy atom. The molecule has 2 unspecified atom stereocenters. The van der Waals surface area contributed by atoms with Crippen molar-refractivity contribution in [3.8, 4) is 0 Å². The predicted octanol–water partition coefficient (Wildman–Crippen LogP) is 13.6. The number of hydrogen-bond acceptors (Lipinski definition) is 7. The first kappa shape index (κ1) is 53.0. The van der Waals surface area contributed by atoms with E-state index in [0.717, 1.165) is 44.9 Å². The molecule has 0 aromatic rings. The molecule has 0 rings (SSSR count). The Morgan fingerprint density at radius 1 is 0.537 bits per heavy atom. The fourth-order valence-electron chi connectivity index (χ4n) is 6.46. The van der Waals surface area contributed by atoms with Gasteiger partial charge in [-0.25, -0.2) is 4.57 Å². The van der Waals surface area contributed by atoms with Crippen LogP contribution >= 0.6 is 7.82 Å². The Bertz CT molecular complexity index is 884. The second-order valence-electron chi connectivity index (χ2n) is 15.3. The maximum Gasteiger partial charge on any atom is 0.472 e. The molecule has 54 heavy (non-hydrogen) atoms. The average molecular weight is 786 g/mol. The van der Waals surface area contributed by atoms with Crippen LogP contribution in [0.15, 0.2) is 24.3 Å². The molecule has 0 aliphatic heterocycles. The van der Waals surface area contributed by atoms with Crippen molar-refractivity contribution in [2.24, 2.45) is 5.73 Å². The van der Waals surface area contributed by atoms with Gasteiger partial charge in [0.05, 0.1) is 19.8 Å². The van der Waals surface area contributed by atoms with Gasteiger partial charge >= 0.3 is 13.8 Å². The van der Waals surface area contributed by atoms with Crippen molar-refractivity contribution in [3.63, 3.8) is 0 Å². The topological polar surface area (TPSA) is 117 Å². The minimum atomic E-state index is -4.28. The van der Waals surface area contributed by atoms with Crippen LogP contribution in [-0.4, -0.2) is 49.9 Å². The quantitative estimate of drug-likeness (QED) is 0.0271. The molecule has 9 heteroatoms. The molecule has 0 aliphatic carbocycles. The second-order valence-corrected chi connectivity index (χ2v) is 16.7. The number of esters is 1. The van der Waals surface area contributed by atoms with E-state index in [1.165, 1.54) is 154 Å². The molecule has 0 bridgehead atoms. The van der Waals surface area contributed by atoms with Crippen molar-refractivity contribution >= 4 is 13.8 Å². The van der Waals surface area contributed by atoms with E-state index in [4.69, 9.17) is 24.3 Å². The molecule has 0 fully saturated rings. The first-order valence-corrected chi connectivity index (χ1v) is 24.3. The SMILES string of the molecule is CCCCCCCC/C=C\CCCCCCCCCCCCOCC(COP(=O)(O)OCCN)OC(=O)CCCCCCC/C=C\CCCCCCCC. The minimum Gasteiger partial charge on any atom is -0.457 e. The highest BCUT2D eigenvalue weighted by Gasteiger charge is 2.25. The monoisotopic (exact) mass is 786 g/mol. The van der Waals surface area contributed by atoms with E-state index in [2.05, 4.69) is 38.2 Å². The van der Waals surface area contributed by atoms with Gasteiger partial charge in [-0.3, -0.25) is 13.8 Å². The van der Waals surface area contributed by atoms with E-state index in [1.807, 2.05) is 0 Å². The predicted molar refractivity (Wildman–Crippen MR) is 229 cm³/mol. The molecular weight excluding hydrogens is 697 g/mol. The number of phosphoric ester groups is 1. The van der Waals surface area contributed by atoms with Gasteiger partial charge in [-0.15, -0.1) is 0 Å². The van der Waals surface area contributed by atoms with Crippen molar-refractivity contribution in [2.45, 2.75) is 225 Å². The van der Waals surface area contributed by atoms with E-state index >= 15 is 0 Å². The molecule has 0 saturated heterocycles. The number of carbonyl (C=O) groups excluding carboxylic acids is 1. The van der Waals surface area contributed by atoms with Crippen LogP contribution in [0.3, 0.4) is 0 Å². The summed E-state index contributed by atoms with van der Waals surface area (Å²) in [6.45, 7) is 4.93. The number of carbonyl (C=O) groups is 1. The van der Waals surface area contributed by atoms with Gasteiger partial charge in [-0.05, 0) is 64.2 Å². The van der Waals surface area contributed by atoms with Crippen LogP contribution in [0.1, 0.15) is 219 Å². The van der Waals surface area contributed by atoms with Crippen molar-refractivity contribution in [1.82, 2.24) is 0 Å². The zero-order chi connectivity index (χ0) is 39.5. The molecule has 0 heterocycles. The van der Waals surface area contributed by atoms with Crippen LogP contribution in [0.4, 0.5) is 0 Å². The van der Waals surface area contributed by atoms with Gasteiger partial charge in [0.15, 0.2) is 0 Å². The van der Waals surface area contributed by atoms with Gasteiger partial charge in [0, 0.05) is 19.6 Å². The van der Waals surface area contributed by atoms with E-state index in [0.29, 0.717) is 13.0 Å². The van der Waals surface area contributed by atoms with Gasteiger partial charge in [-0.2, -0.15) is 0 Å². The number of phosphoric acid groups is 1. The van der Waals surface area contributed by atoms with Crippen LogP contribution in [0.2, 0.25) is 0 Å². The van der Waals surface area contributed by atoms with E-state index < -0.39 is 13.9 Å². The number of allylic oxidation sites excluding steroid dienone is 4. The largest absolute Gasteiger partial charge is 0.472 e. The average Bonchev–Trinajstić information content (AvgIpc) is 3.16. The molecule has 3 N–H and O–H groups in total. The summed E-state index contributed by atoms with van der Waals surface area (Å²) >= 11 is 0. The van der Waals surface area contributed by atoms with Crippen LogP contribution in [0.5, 0.6) is 0 Å². The van der Waals surface area contributed by atoms with Crippen molar-refractivity contribution in [3.05, 3.63) is 24.3 Å². The molecule has 0 spiro atoms. The summed E-state index contributed by atoms with van der Waals surface area (Å²) in [7, 11) is -4.28. The summed E-state index contributed by atoms with van der Waals surface area (Å²) in [5, 5.41) is 0. The zero-order valence-electron chi connectivity index (χ0n) is 35.5. The Balaban J connectivity index is 3.98. The Morgan fingerprint density at radius 2 is 0.926 bits per heavy atom. The normalized spacial score (nSPS) is 13.6. The van der Waals surface area contributed by atoms with Crippen molar-refractivity contribution in [1.29, 1.82) is 0 Å². The van der Waals surface area contributed by atoms with Gasteiger partial charge in [0.2, 0.25) is 0 Å². The summed E-state index contributed by atoms with van der Waals surface area (Å²) < 4.78 is 33.5. The fourth-order valence-corrected chi connectivity index (χ4v) is 7.22. The highest BCUT2D eigenvalue weighted by atomic mass is 31.2. The molecular formula is C45H88NO7P. The molecule has 8 nitrogen and oxygen atoms in total.